The summed E-state index contributed by atoms with van der Waals surface area (Å²) in [5.74, 6) is -0.802. The molecule has 2 heterocycles. The second-order valence-corrected chi connectivity index (χ2v) is 7.00. The van der Waals surface area contributed by atoms with Gasteiger partial charge in [-0.15, -0.1) is 0 Å². The Morgan fingerprint density at radius 1 is 1.12 bits per heavy atom. The molecule has 3 aromatic rings. The molecule has 0 saturated carbocycles. The van der Waals surface area contributed by atoms with Crippen molar-refractivity contribution in [3.8, 4) is 0 Å². The topological polar surface area (TPSA) is 55.1 Å². The highest BCUT2D eigenvalue weighted by Gasteiger charge is 2.35. The Bertz CT molecular complexity index is 927. The fraction of sp³-hybridized carbons (Fsp3) is 0.353. The Morgan fingerprint density at radius 3 is 2.46 bits per heavy atom. The van der Waals surface area contributed by atoms with Crippen LogP contribution in [0.5, 0.6) is 0 Å². The summed E-state index contributed by atoms with van der Waals surface area (Å²) in [6.07, 6.45) is -0.307. The fourth-order valence-electron chi connectivity index (χ4n) is 2.74. The third-order valence-electron chi connectivity index (χ3n) is 3.98. The zero-order valence-corrected chi connectivity index (χ0v) is 14.3. The Labute approximate surface area is 147 Å². The van der Waals surface area contributed by atoms with E-state index in [0.29, 0.717) is 17.0 Å². The summed E-state index contributed by atoms with van der Waals surface area (Å²) in [6.45, 7) is 5.69. The van der Waals surface area contributed by atoms with E-state index in [1.54, 1.807) is 0 Å². The molecule has 9 heteroatoms. The second kappa shape index (κ2) is 6.22. The lowest BCUT2D eigenvalue weighted by atomic mass is 9.82. The van der Waals surface area contributed by atoms with Gasteiger partial charge in [-0.2, -0.15) is 22.8 Å². The van der Waals surface area contributed by atoms with Crippen LogP contribution >= 0.6 is 0 Å². The van der Waals surface area contributed by atoms with Crippen molar-refractivity contribution in [1.29, 1.82) is 0 Å². The minimum Gasteiger partial charge on any atom is -0.361 e. The molecule has 1 N–H and O–H groups in total. The van der Waals surface area contributed by atoms with E-state index in [1.807, 2.05) is 20.8 Å². The standard InChI is InChI=1S/C17H17F4N5/c1-16(2,3)15(10-4-5-11(12(18)6-10)17(19,20)21)25-14-8-22-7-13-23-9-24-26(13)14/h4-9,15,25H,1-3H3. The van der Waals surface area contributed by atoms with Crippen molar-refractivity contribution >= 4 is 11.5 Å². The van der Waals surface area contributed by atoms with Gasteiger partial charge in [0.15, 0.2) is 5.65 Å². The Hall–Kier alpha value is -2.71. The fourth-order valence-corrected chi connectivity index (χ4v) is 2.74. The predicted molar refractivity (Wildman–Crippen MR) is 88.0 cm³/mol. The highest BCUT2D eigenvalue weighted by Crippen LogP contribution is 2.38. The van der Waals surface area contributed by atoms with Crippen molar-refractivity contribution in [2.24, 2.45) is 5.41 Å². The molecule has 26 heavy (non-hydrogen) atoms. The summed E-state index contributed by atoms with van der Waals surface area (Å²) in [6, 6.07) is 2.47. The van der Waals surface area contributed by atoms with E-state index in [-0.39, 0.29) is 0 Å². The molecule has 0 aliphatic heterocycles. The molecule has 5 nitrogen and oxygen atoms in total. The third kappa shape index (κ3) is 3.47. The van der Waals surface area contributed by atoms with E-state index in [0.717, 1.165) is 12.1 Å². The van der Waals surface area contributed by atoms with Crippen LogP contribution in [0.3, 0.4) is 0 Å². The quantitative estimate of drug-likeness (QED) is 0.694. The van der Waals surface area contributed by atoms with E-state index in [2.05, 4.69) is 20.4 Å². The third-order valence-corrected chi connectivity index (χ3v) is 3.98. The lowest BCUT2D eigenvalue weighted by Gasteiger charge is -2.33. The Balaban J connectivity index is 2.02. The van der Waals surface area contributed by atoms with Crippen LogP contribution in [0.2, 0.25) is 0 Å². The van der Waals surface area contributed by atoms with Gasteiger partial charge in [0.2, 0.25) is 0 Å². The number of aromatic nitrogens is 4. The van der Waals surface area contributed by atoms with Crippen LogP contribution in [0.15, 0.2) is 36.9 Å². The lowest BCUT2D eigenvalue weighted by Crippen LogP contribution is -2.27. The van der Waals surface area contributed by atoms with Gasteiger partial charge in [0, 0.05) is 0 Å². The van der Waals surface area contributed by atoms with Gasteiger partial charge in [-0.05, 0) is 23.1 Å². The highest BCUT2D eigenvalue weighted by atomic mass is 19.4. The summed E-state index contributed by atoms with van der Waals surface area (Å²) >= 11 is 0. The number of anilines is 1. The van der Waals surface area contributed by atoms with Crippen molar-refractivity contribution in [3.05, 3.63) is 53.9 Å². The Kier molecular flexibility index (Phi) is 4.33. The van der Waals surface area contributed by atoms with E-state index < -0.39 is 29.0 Å². The first-order valence-electron chi connectivity index (χ1n) is 7.84. The van der Waals surface area contributed by atoms with E-state index in [9.17, 15) is 17.6 Å². The van der Waals surface area contributed by atoms with Gasteiger partial charge in [-0.25, -0.2) is 9.37 Å². The molecule has 0 aliphatic rings. The monoisotopic (exact) mass is 367 g/mol. The molecular weight excluding hydrogens is 350 g/mol. The minimum absolute atomic E-state index is 0.389. The zero-order valence-electron chi connectivity index (χ0n) is 14.3. The number of alkyl halides is 3. The second-order valence-electron chi connectivity index (χ2n) is 7.00. The summed E-state index contributed by atoms with van der Waals surface area (Å²) < 4.78 is 54.0. The lowest BCUT2D eigenvalue weighted by molar-refractivity contribution is -0.140. The molecule has 1 atom stereocenters. The molecule has 3 rings (SSSR count). The highest BCUT2D eigenvalue weighted by molar-refractivity contribution is 5.47. The summed E-state index contributed by atoms with van der Waals surface area (Å²) in [5, 5.41) is 7.29. The van der Waals surface area contributed by atoms with Crippen molar-refractivity contribution in [1.82, 2.24) is 19.6 Å². The van der Waals surface area contributed by atoms with E-state index >= 15 is 0 Å². The summed E-state index contributed by atoms with van der Waals surface area (Å²) in [7, 11) is 0. The van der Waals surface area contributed by atoms with Crippen molar-refractivity contribution < 1.29 is 17.6 Å². The molecule has 0 amide bonds. The van der Waals surface area contributed by atoms with Gasteiger partial charge in [0.25, 0.3) is 0 Å². The number of fused-ring (bicyclic) bond motifs is 1. The zero-order chi connectivity index (χ0) is 19.1. The molecule has 0 bridgehead atoms. The molecular formula is C17H17F4N5. The largest absolute Gasteiger partial charge is 0.419 e. The van der Waals surface area contributed by atoms with Crippen molar-refractivity contribution in [3.63, 3.8) is 0 Å². The van der Waals surface area contributed by atoms with Crippen LogP contribution in [0, 0.1) is 11.2 Å². The van der Waals surface area contributed by atoms with Gasteiger partial charge in [-0.3, -0.25) is 4.98 Å². The average Bonchev–Trinajstić information content (AvgIpc) is 2.99. The normalized spacial score (nSPS) is 13.8. The molecule has 138 valence electrons. The number of halogens is 4. The van der Waals surface area contributed by atoms with Crippen LogP contribution < -0.4 is 5.32 Å². The molecule has 0 saturated heterocycles. The smallest absolute Gasteiger partial charge is 0.361 e. The number of nitrogens with zero attached hydrogens (tertiary/aromatic N) is 4. The number of benzene rings is 1. The first-order chi connectivity index (χ1) is 12.1. The maximum absolute atomic E-state index is 14.0. The van der Waals surface area contributed by atoms with E-state index in [4.69, 9.17) is 0 Å². The Morgan fingerprint density at radius 2 is 1.85 bits per heavy atom. The molecule has 0 fully saturated rings. The first kappa shape index (κ1) is 18.1. The maximum Gasteiger partial charge on any atom is 0.419 e. The van der Waals surface area contributed by atoms with E-state index in [1.165, 1.54) is 29.3 Å². The number of hydrogen-bond donors (Lipinski definition) is 1. The average molecular weight is 367 g/mol. The number of nitrogens with one attached hydrogen (secondary N) is 1. The molecule has 0 radical (unpaired) electrons. The molecule has 1 aromatic carbocycles. The number of rotatable bonds is 3. The van der Waals surface area contributed by atoms with Crippen LogP contribution in [0.1, 0.15) is 37.9 Å². The van der Waals surface area contributed by atoms with Gasteiger partial charge in [0.1, 0.15) is 18.0 Å². The molecule has 2 aromatic heterocycles. The number of hydrogen-bond acceptors (Lipinski definition) is 4. The summed E-state index contributed by atoms with van der Waals surface area (Å²) in [5.41, 5.74) is -0.815. The van der Waals surface area contributed by atoms with Crippen LogP contribution in [0.25, 0.3) is 5.65 Å². The van der Waals surface area contributed by atoms with Gasteiger partial charge in [0.05, 0.1) is 24.0 Å². The molecule has 1 unspecified atom stereocenters. The molecule has 0 spiro atoms. The predicted octanol–water partition coefficient (Wildman–Crippen LogP) is 4.48. The van der Waals surface area contributed by atoms with Crippen molar-refractivity contribution in [2.45, 2.75) is 33.0 Å². The van der Waals surface area contributed by atoms with Crippen molar-refractivity contribution in [2.75, 3.05) is 5.32 Å². The van der Waals surface area contributed by atoms with Gasteiger partial charge in [-0.1, -0.05) is 26.8 Å². The van der Waals surface area contributed by atoms with Gasteiger partial charge < -0.3 is 5.32 Å². The van der Waals surface area contributed by atoms with Crippen LogP contribution in [-0.4, -0.2) is 19.6 Å². The summed E-state index contributed by atoms with van der Waals surface area (Å²) in [4.78, 5) is 8.11. The minimum atomic E-state index is -4.73. The molecule has 0 aliphatic carbocycles. The van der Waals surface area contributed by atoms with Crippen LogP contribution in [0.4, 0.5) is 23.4 Å². The van der Waals surface area contributed by atoms with Crippen LogP contribution in [-0.2, 0) is 6.18 Å². The maximum atomic E-state index is 14.0. The first-order valence-corrected chi connectivity index (χ1v) is 7.84. The SMILES string of the molecule is CC(C)(C)C(Nc1cncc2ncnn12)c1ccc(C(F)(F)F)c(F)c1. The van der Waals surface area contributed by atoms with Gasteiger partial charge >= 0.3 is 6.18 Å².